The van der Waals surface area contributed by atoms with E-state index in [0.29, 0.717) is 15.5 Å². The molecule has 0 radical (unpaired) electrons. The molecule has 0 spiro atoms. The molecule has 0 fully saturated rings. The SMILES string of the molecule is OCc1cc(Cl)ccc1Sc1ccc(F)c(F)c1. The van der Waals surface area contributed by atoms with Gasteiger partial charge < -0.3 is 5.11 Å². The molecule has 0 unspecified atom stereocenters. The molecule has 0 aromatic heterocycles. The predicted molar refractivity (Wildman–Crippen MR) is 67.9 cm³/mol. The average molecular weight is 287 g/mol. The molecule has 0 amide bonds. The molecule has 0 heterocycles. The third-order valence-corrected chi connectivity index (χ3v) is 3.65. The van der Waals surface area contributed by atoms with E-state index in [-0.39, 0.29) is 6.61 Å². The van der Waals surface area contributed by atoms with Gasteiger partial charge in [0.1, 0.15) is 0 Å². The average Bonchev–Trinajstić information content (AvgIpc) is 2.36. The summed E-state index contributed by atoms with van der Waals surface area (Å²) in [6.07, 6.45) is 0. The molecule has 94 valence electrons. The van der Waals surface area contributed by atoms with Gasteiger partial charge in [0.15, 0.2) is 11.6 Å². The first kappa shape index (κ1) is 13.3. The largest absolute Gasteiger partial charge is 0.392 e. The smallest absolute Gasteiger partial charge is 0.159 e. The second-order valence-electron chi connectivity index (χ2n) is 3.59. The molecule has 0 aliphatic carbocycles. The van der Waals surface area contributed by atoms with Gasteiger partial charge in [0, 0.05) is 14.8 Å². The fraction of sp³-hybridized carbons (Fsp3) is 0.0769. The highest BCUT2D eigenvalue weighted by atomic mass is 35.5. The van der Waals surface area contributed by atoms with Crippen molar-refractivity contribution in [2.24, 2.45) is 0 Å². The molecule has 0 bridgehead atoms. The van der Waals surface area contributed by atoms with Crippen molar-refractivity contribution in [3.63, 3.8) is 0 Å². The predicted octanol–water partition coefficient (Wildman–Crippen LogP) is 4.26. The second kappa shape index (κ2) is 5.69. The van der Waals surface area contributed by atoms with Gasteiger partial charge in [-0.15, -0.1) is 0 Å². The van der Waals surface area contributed by atoms with E-state index >= 15 is 0 Å². The van der Waals surface area contributed by atoms with Gasteiger partial charge >= 0.3 is 0 Å². The molecule has 0 saturated carbocycles. The summed E-state index contributed by atoms with van der Waals surface area (Å²) in [7, 11) is 0. The quantitative estimate of drug-likeness (QED) is 0.910. The van der Waals surface area contributed by atoms with E-state index in [1.54, 1.807) is 18.2 Å². The van der Waals surface area contributed by atoms with Crippen LogP contribution in [-0.2, 0) is 6.61 Å². The maximum absolute atomic E-state index is 13.1. The fourth-order valence-electron chi connectivity index (χ4n) is 1.44. The maximum atomic E-state index is 13.1. The molecule has 0 saturated heterocycles. The Labute approximate surface area is 112 Å². The summed E-state index contributed by atoms with van der Waals surface area (Å²) in [5.74, 6) is -1.77. The van der Waals surface area contributed by atoms with E-state index in [9.17, 15) is 13.9 Å². The first-order valence-electron chi connectivity index (χ1n) is 5.12. The summed E-state index contributed by atoms with van der Waals surface area (Å²) < 4.78 is 25.9. The number of hydrogen-bond donors (Lipinski definition) is 1. The van der Waals surface area contributed by atoms with Gasteiger partial charge in [-0.3, -0.25) is 0 Å². The molecule has 2 rings (SSSR count). The van der Waals surface area contributed by atoms with Crippen LogP contribution in [0.1, 0.15) is 5.56 Å². The number of aliphatic hydroxyl groups is 1. The standard InChI is InChI=1S/C13H9ClF2OS/c14-9-1-4-13(8(5-9)7-17)18-10-2-3-11(15)12(16)6-10/h1-6,17H,7H2. The molecule has 0 aliphatic rings. The summed E-state index contributed by atoms with van der Waals surface area (Å²) in [6.45, 7) is -0.160. The molecule has 5 heteroatoms. The van der Waals surface area contributed by atoms with Crippen molar-refractivity contribution in [1.29, 1.82) is 0 Å². The van der Waals surface area contributed by atoms with Crippen molar-refractivity contribution >= 4 is 23.4 Å². The zero-order chi connectivity index (χ0) is 13.1. The monoisotopic (exact) mass is 286 g/mol. The Morgan fingerprint density at radius 1 is 1.06 bits per heavy atom. The lowest BCUT2D eigenvalue weighted by atomic mass is 10.2. The van der Waals surface area contributed by atoms with E-state index in [1.807, 2.05) is 0 Å². The molecular weight excluding hydrogens is 278 g/mol. The number of hydrogen-bond acceptors (Lipinski definition) is 2. The Morgan fingerprint density at radius 3 is 2.50 bits per heavy atom. The lowest BCUT2D eigenvalue weighted by Crippen LogP contribution is -1.88. The summed E-state index contributed by atoms with van der Waals surface area (Å²) >= 11 is 7.06. The van der Waals surface area contributed by atoms with Crippen molar-refractivity contribution in [1.82, 2.24) is 0 Å². The van der Waals surface area contributed by atoms with Crippen molar-refractivity contribution in [2.75, 3.05) is 0 Å². The molecule has 0 aliphatic heterocycles. The van der Waals surface area contributed by atoms with Gasteiger partial charge in [-0.25, -0.2) is 8.78 Å². The molecule has 2 aromatic carbocycles. The highest BCUT2D eigenvalue weighted by Gasteiger charge is 2.07. The number of aliphatic hydroxyl groups excluding tert-OH is 1. The van der Waals surface area contributed by atoms with Crippen molar-refractivity contribution in [2.45, 2.75) is 16.4 Å². The zero-order valence-corrected chi connectivity index (χ0v) is 10.7. The molecule has 1 N–H and O–H groups in total. The number of benzene rings is 2. The minimum atomic E-state index is -0.889. The van der Waals surface area contributed by atoms with E-state index < -0.39 is 11.6 Å². The van der Waals surface area contributed by atoms with Gasteiger partial charge in [-0.05, 0) is 42.0 Å². The summed E-state index contributed by atoms with van der Waals surface area (Å²) in [4.78, 5) is 1.32. The molecule has 2 aromatic rings. The zero-order valence-electron chi connectivity index (χ0n) is 9.16. The normalized spacial score (nSPS) is 10.7. The van der Waals surface area contributed by atoms with Crippen molar-refractivity contribution in [3.05, 3.63) is 58.6 Å². The van der Waals surface area contributed by atoms with Gasteiger partial charge in [0.05, 0.1) is 6.61 Å². The maximum Gasteiger partial charge on any atom is 0.159 e. The minimum absolute atomic E-state index is 0.160. The minimum Gasteiger partial charge on any atom is -0.392 e. The number of rotatable bonds is 3. The van der Waals surface area contributed by atoms with Crippen LogP contribution in [0.2, 0.25) is 5.02 Å². The van der Waals surface area contributed by atoms with Gasteiger partial charge in [0.25, 0.3) is 0 Å². The van der Waals surface area contributed by atoms with E-state index in [0.717, 1.165) is 17.0 Å². The molecule has 18 heavy (non-hydrogen) atoms. The van der Waals surface area contributed by atoms with Gasteiger partial charge in [-0.1, -0.05) is 23.4 Å². The van der Waals surface area contributed by atoms with Crippen LogP contribution in [0.15, 0.2) is 46.2 Å². The van der Waals surface area contributed by atoms with Gasteiger partial charge in [0.2, 0.25) is 0 Å². The highest BCUT2D eigenvalue weighted by molar-refractivity contribution is 7.99. The van der Waals surface area contributed by atoms with Crippen LogP contribution in [0.3, 0.4) is 0 Å². The summed E-state index contributed by atoms with van der Waals surface area (Å²) in [5, 5.41) is 9.74. The van der Waals surface area contributed by atoms with Crippen LogP contribution >= 0.6 is 23.4 Å². The topological polar surface area (TPSA) is 20.2 Å². The third-order valence-electron chi connectivity index (χ3n) is 2.31. The van der Waals surface area contributed by atoms with Crippen LogP contribution < -0.4 is 0 Å². The molecular formula is C13H9ClF2OS. The Bertz CT molecular complexity index is 575. The van der Waals surface area contributed by atoms with Crippen LogP contribution in [0.4, 0.5) is 8.78 Å². The first-order chi connectivity index (χ1) is 8.60. The Kier molecular flexibility index (Phi) is 4.22. The highest BCUT2D eigenvalue weighted by Crippen LogP contribution is 2.32. The lowest BCUT2D eigenvalue weighted by molar-refractivity contribution is 0.279. The van der Waals surface area contributed by atoms with Crippen LogP contribution in [0, 0.1) is 11.6 Å². The van der Waals surface area contributed by atoms with Crippen LogP contribution in [-0.4, -0.2) is 5.11 Å². The number of halogens is 3. The first-order valence-corrected chi connectivity index (χ1v) is 6.32. The van der Waals surface area contributed by atoms with Crippen molar-refractivity contribution in [3.8, 4) is 0 Å². The molecule has 0 atom stereocenters. The Morgan fingerprint density at radius 2 is 1.83 bits per heavy atom. The Hall–Kier alpha value is -1.10. The van der Waals surface area contributed by atoms with Crippen LogP contribution in [0.5, 0.6) is 0 Å². The van der Waals surface area contributed by atoms with Crippen molar-refractivity contribution < 1.29 is 13.9 Å². The van der Waals surface area contributed by atoms with Gasteiger partial charge in [-0.2, -0.15) is 0 Å². The Balaban J connectivity index is 2.30. The lowest BCUT2D eigenvalue weighted by Gasteiger charge is -2.07. The van der Waals surface area contributed by atoms with Crippen LogP contribution in [0.25, 0.3) is 0 Å². The fourth-order valence-corrected chi connectivity index (χ4v) is 2.58. The van der Waals surface area contributed by atoms with E-state index in [2.05, 4.69) is 0 Å². The summed E-state index contributed by atoms with van der Waals surface area (Å²) in [6, 6.07) is 8.74. The summed E-state index contributed by atoms with van der Waals surface area (Å²) in [5.41, 5.74) is 0.650. The molecule has 1 nitrogen and oxygen atoms in total. The van der Waals surface area contributed by atoms with E-state index in [1.165, 1.54) is 17.8 Å². The van der Waals surface area contributed by atoms with E-state index in [4.69, 9.17) is 11.6 Å². The second-order valence-corrected chi connectivity index (χ2v) is 5.14. The third kappa shape index (κ3) is 3.02.